The SMILES string of the molecule is COC(=O)c1c(NC(=O)c2cc(COc3ccc4c(c3)CCC4)cs2)sc(C)c1C. The van der Waals surface area contributed by atoms with Gasteiger partial charge >= 0.3 is 5.97 Å². The molecule has 0 saturated carbocycles. The standard InChI is InChI=1S/C23H23NO4S2/c1-13-14(2)30-22(20(13)23(26)27-3)24-21(25)19-9-15(12-29-19)11-28-18-8-7-16-5-4-6-17(16)10-18/h7-10,12H,4-6,11H2,1-3H3,(H,24,25). The van der Waals surface area contributed by atoms with Crippen molar-refractivity contribution in [3.63, 3.8) is 0 Å². The number of hydrogen-bond acceptors (Lipinski definition) is 6. The molecule has 2 aromatic heterocycles. The summed E-state index contributed by atoms with van der Waals surface area (Å²) in [6, 6.07) is 8.12. The molecule has 0 unspecified atom stereocenters. The van der Waals surface area contributed by atoms with Gasteiger partial charge in [-0.25, -0.2) is 4.79 Å². The molecule has 1 aliphatic rings. The number of carbonyl (C=O) groups is 2. The molecule has 0 saturated heterocycles. The molecular formula is C23H23NO4S2. The number of nitrogens with one attached hydrogen (secondary N) is 1. The second kappa shape index (κ2) is 8.62. The molecule has 1 aliphatic carbocycles. The van der Waals surface area contributed by atoms with Crippen molar-refractivity contribution in [3.8, 4) is 5.75 Å². The number of amides is 1. The van der Waals surface area contributed by atoms with Crippen molar-refractivity contribution >= 4 is 39.6 Å². The van der Waals surface area contributed by atoms with Gasteiger partial charge in [0.15, 0.2) is 0 Å². The zero-order valence-electron chi connectivity index (χ0n) is 17.2. The maximum atomic E-state index is 12.7. The summed E-state index contributed by atoms with van der Waals surface area (Å²) in [7, 11) is 1.34. The van der Waals surface area contributed by atoms with E-state index in [1.54, 1.807) is 0 Å². The fourth-order valence-corrected chi connectivity index (χ4v) is 5.44. The lowest BCUT2D eigenvalue weighted by molar-refractivity contribution is 0.0601. The summed E-state index contributed by atoms with van der Waals surface area (Å²) in [5, 5.41) is 5.31. The fraction of sp³-hybridized carbons (Fsp3) is 0.304. The molecule has 7 heteroatoms. The van der Waals surface area contributed by atoms with Gasteiger partial charge in [-0.3, -0.25) is 4.79 Å². The molecule has 30 heavy (non-hydrogen) atoms. The number of aryl methyl sites for hydroxylation is 3. The predicted molar refractivity (Wildman–Crippen MR) is 120 cm³/mol. The van der Waals surface area contributed by atoms with Crippen molar-refractivity contribution < 1.29 is 19.1 Å². The second-order valence-corrected chi connectivity index (χ2v) is 9.46. The van der Waals surface area contributed by atoms with E-state index in [1.807, 2.05) is 31.4 Å². The Morgan fingerprint density at radius 2 is 1.93 bits per heavy atom. The number of rotatable bonds is 6. The minimum absolute atomic E-state index is 0.241. The highest BCUT2D eigenvalue weighted by Gasteiger charge is 2.22. The fourth-order valence-electron chi connectivity index (χ4n) is 3.60. The van der Waals surface area contributed by atoms with Gasteiger partial charge in [-0.05, 0) is 73.4 Å². The Balaban J connectivity index is 1.42. The summed E-state index contributed by atoms with van der Waals surface area (Å²) >= 11 is 2.74. The molecule has 0 fully saturated rings. The van der Waals surface area contributed by atoms with Crippen LogP contribution in [0.2, 0.25) is 0 Å². The van der Waals surface area contributed by atoms with E-state index < -0.39 is 5.97 Å². The smallest absolute Gasteiger partial charge is 0.341 e. The first kappa shape index (κ1) is 20.6. The van der Waals surface area contributed by atoms with E-state index in [0.717, 1.165) is 34.6 Å². The van der Waals surface area contributed by atoms with Gasteiger partial charge in [-0.2, -0.15) is 0 Å². The number of ether oxygens (including phenoxy) is 2. The summed E-state index contributed by atoms with van der Waals surface area (Å²) < 4.78 is 10.8. The molecule has 0 spiro atoms. The molecule has 3 aromatic rings. The number of anilines is 1. The Morgan fingerprint density at radius 3 is 2.73 bits per heavy atom. The first-order chi connectivity index (χ1) is 14.5. The van der Waals surface area contributed by atoms with Gasteiger partial charge in [0.05, 0.1) is 17.6 Å². The quantitative estimate of drug-likeness (QED) is 0.511. The first-order valence-corrected chi connectivity index (χ1v) is 11.5. The molecular weight excluding hydrogens is 418 g/mol. The van der Waals surface area contributed by atoms with E-state index >= 15 is 0 Å². The molecule has 1 amide bonds. The summed E-state index contributed by atoms with van der Waals surface area (Å²) in [5.41, 5.74) is 4.99. The van der Waals surface area contributed by atoms with E-state index in [-0.39, 0.29) is 5.91 Å². The first-order valence-electron chi connectivity index (χ1n) is 9.78. The Labute approximate surface area is 183 Å². The molecule has 2 heterocycles. The third-order valence-corrected chi connectivity index (χ3v) is 7.46. The number of thiophene rings is 2. The summed E-state index contributed by atoms with van der Waals surface area (Å²) in [6.45, 7) is 4.18. The van der Waals surface area contributed by atoms with Crippen molar-refractivity contribution in [2.45, 2.75) is 39.7 Å². The molecule has 1 aromatic carbocycles. The van der Waals surface area contributed by atoms with E-state index in [1.165, 1.54) is 47.3 Å². The van der Waals surface area contributed by atoms with Crippen molar-refractivity contribution in [3.05, 3.63) is 67.2 Å². The van der Waals surface area contributed by atoms with Gasteiger partial charge in [0.2, 0.25) is 0 Å². The van der Waals surface area contributed by atoms with Gasteiger partial charge in [0.1, 0.15) is 17.4 Å². The van der Waals surface area contributed by atoms with Crippen LogP contribution in [-0.4, -0.2) is 19.0 Å². The minimum Gasteiger partial charge on any atom is -0.489 e. The number of benzene rings is 1. The van der Waals surface area contributed by atoms with E-state index in [0.29, 0.717) is 22.0 Å². The highest BCUT2D eigenvalue weighted by Crippen LogP contribution is 2.33. The van der Waals surface area contributed by atoms with Gasteiger partial charge in [0.25, 0.3) is 5.91 Å². The lowest BCUT2D eigenvalue weighted by Crippen LogP contribution is -2.13. The van der Waals surface area contributed by atoms with Crippen LogP contribution in [-0.2, 0) is 24.2 Å². The van der Waals surface area contributed by atoms with Crippen LogP contribution in [0.5, 0.6) is 5.75 Å². The number of esters is 1. The third kappa shape index (κ3) is 4.13. The van der Waals surface area contributed by atoms with Gasteiger partial charge in [-0.15, -0.1) is 22.7 Å². The Hall–Kier alpha value is -2.64. The topological polar surface area (TPSA) is 64.6 Å². The average molecular weight is 442 g/mol. The van der Waals surface area contributed by atoms with Crippen LogP contribution in [0.3, 0.4) is 0 Å². The monoisotopic (exact) mass is 441 g/mol. The zero-order valence-corrected chi connectivity index (χ0v) is 18.8. The highest BCUT2D eigenvalue weighted by atomic mass is 32.1. The Kier molecular flexibility index (Phi) is 5.92. The van der Waals surface area contributed by atoms with Crippen LogP contribution in [0.4, 0.5) is 5.00 Å². The van der Waals surface area contributed by atoms with E-state index in [9.17, 15) is 9.59 Å². The number of fused-ring (bicyclic) bond motifs is 1. The molecule has 4 rings (SSSR count). The molecule has 0 bridgehead atoms. The van der Waals surface area contributed by atoms with Crippen LogP contribution >= 0.6 is 22.7 Å². The van der Waals surface area contributed by atoms with Gasteiger partial charge in [0, 0.05) is 10.4 Å². The van der Waals surface area contributed by atoms with Crippen LogP contribution in [0.25, 0.3) is 0 Å². The van der Waals surface area contributed by atoms with E-state index in [2.05, 4.69) is 17.4 Å². The maximum absolute atomic E-state index is 12.7. The van der Waals surface area contributed by atoms with E-state index in [4.69, 9.17) is 9.47 Å². The summed E-state index contributed by atoms with van der Waals surface area (Å²) in [5.74, 6) is 0.178. The maximum Gasteiger partial charge on any atom is 0.341 e. The number of hydrogen-bond donors (Lipinski definition) is 1. The van der Waals surface area contributed by atoms with Crippen molar-refractivity contribution in [2.24, 2.45) is 0 Å². The zero-order chi connectivity index (χ0) is 21.3. The molecule has 0 aliphatic heterocycles. The highest BCUT2D eigenvalue weighted by molar-refractivity contribution is 7.17. The molecule has 0 radical (unpaired) electrons. The summed E-state index contributed by atoms with van der Waals surface area (Å²) in [4.78, 5) is 26.4. The van der Waals surface area contributed by atoms with Crippen molar-refractivity contribution in [1.82, 2.24) is 0 Å². The van der Waals surface area contributed by atoms with Gasteiger partial charge in [-0.1, -0.05) is 6.07 Å². The number of carbonyl (C=O) groups excluding carboxylic acids is 2. The molecule has 5 nitrogen and oxygen atoms in total. The molecule has 1 N–H and O–H groups in total. The minimum atomic E-state index is -0.443. The normalized spacial score (nSPS) is 12.5. The van der Waals surface area contributed by atoms with Crippen molar-refractivity contribution in [2.75, 3.05) is 12.4 Å². The third-order valence-electron chi connectivity index (χ3n) is 5.35. The Bertz CT molecular complexity index is 1110. The predicted octanol–water partition coefficient (Wildman–Crippen LogP) is 5.53. The van der Waals surface area contributed by atoms with Crippen LogP contribution in [0, 0.1) is 13.8 Å². The summed E-state index contributed by atoms with van der Waals surface area (Å²) in [6.07, 6.45) is 3.48. The van der Waals surface area contributed by atoms with Crippen LogP contribution in [0.15, 0.2) is 29.6 Å². The molecule has 0 atom stereocenters. The lowest BCUT2D eigenvalue weighted by atomic mass is 10.1. The second-order valence-electron chi connectivity index (χ2n) is 7.33. The lowest BCUT2D eigenvalue weighted by Gasteiger charge is -2.07. The average Bonchev–Trinajstić information content (AvgIpc) is 3.45. The van der Waals surface area contributed by atoms with Crippen LogP contribution in [0.1, 0.15) is 53.6 Å². The Morgan fingerprint density at radius 1 is 1.13 bits per heavy atom. The van der Waals surface area contributed by atoms with Crippen molar-refractivity contribution in [1.29, 1.82) is 0 Å². The van der Waals surface area contributed by atoms with Gasteiger partial charge < -0.3 is 14.8 Å². The largest absolute Gasteiger partial charge is 0.489 e. The molecule has 156 valence electrons. The van der Waals surface area contributed by atoms with Crippen LogP contribution < -0.4 is 10.1 Å². The number of methoxy groups -OCH3 is 1.